The van der Waals surface area contributed by atoms with Crippen molar-refractivity contribution in [1.29, 1.82) is 0 Å². The summed E-state index contributed by atoms with van der Waals surface area (Å²) in [6, 6.07) is 5.24. The Morgan fingerprint density at radius 1 is 1.17 bits per heavy atom. The molecule has 0 radical (unpaired) electrons. The van der Waals surface area contributed by atoms with Gasteiger partial charge in [0.1, 0.15) is 11.6 Å². The van der Waals surface area contributed by atoms with Crippen molar-refractivity contribution in [3.8, 4) is 5.75 Å². The van der Waals surface area contributed by atoms with Crippen molar-refractivity contribution in [3.63, 3.8) is 0 Å². The molecule has 1 aliphatic heterocycles. The van der Waals surface area contributed by atoms with E-state index in [9.17, 15) is 4.39 Å². The zero-order valence-corrected chi connectivity index (χ0v) is 15.8. The van der Waals surface area contributed by atoms with Gasteiger partial charge in [-0.25, -0.2) is 4.39 Å². The van der Waals surface area contributed by atoms with Crippen molar-refractivity contribution in [2.24, 2.45) is 5.92 Å². The van der Waals surface area contributed by atoms with Gasteiger partial charge in [0.05, 0.1) is 7.11 Å². The van der Waals surface area contributed by atoms with E-state index in [4.69, 9.17) is 4.74 Å². The summed E-state index contributed by atoms with van der Waals surface area (Å²) in [5.41, 5.74) is 1.11. The quantitative estimate of drug-likeness (QED) is 0.821. The average molecular weight is 367 g/mol. The molecule has 1 aliphatic rings. The first-order valence-electron chi connectivity index (χ1n) is 7.90. The number of nitrogens with one attached hydrogen (secondary N) is 1. The summed E-state index contributed by atoms with van der Waals surface area (Å²) < 4.78 is 18.9. The predicted molar refractivity (Wildman–Crippen MR) is 98.7 cm³/mol. The van der Waals surface area contributed by atoms with Gasteiger partial charge in [0.15, 0.2) is 0 Å². The summed E-state index contributed by atoms with van der Waals surface area (Å²) >= 11 is 0. The zero-order chi connectivity index (χ0) is 15.2. The second-order valence-electron chi connectivity index (χ2n) is 6.16. The molecule has 1 saturated heterocycles. The second kappa shape index (κ2) is 11.1. The smallest absolute Gasteiger partial charge is 0.126 e. The highest BCUT2D eigenvalue weighted by atomic mass is 35.5. The molecular weight excluding hydrogens is 338 g/mol. The molecule has 0 bridgehead atoms. The van der Waals surface area contributed by atoms with E-state index in [0.29, 0.717) is 17.7 Å². The molecular formula is C17H29Cl2FN2O. The number of ether oxygens (including phenoxy) is 1. The summed E-state index contributed by atoms with van der Waals surface area (Å²) in [7, 11) is 1.62. The molecule has 1 aromatic carbocycles. The van der Waals surface area contributed by atoms with Crippen LogP contribution in [-0.4, -0.2) is 38.2 Å². The summed E-state index contributed by atoms with van der Waals surface area (Å²) in [6.07, 6.45) is 2.24. The first kappa shape index (κ1) is 22.4. The molecule has 0 amide bonds. The van der Waals surface area contributed by atoms with E-state index in [1.54, 1.807) is 13.2 Å². The molecule has 0 spiro atoms. The highest BCUT2D eigenvalue weighted by molar-refractivity contribution is 5.85. The third-order valence-corrected chi connectivity index (χ3v) is 4.16. The first-order chi connectivity index (χ1) is 10.1. The van der Waals surface area contributed by atoms with Gasteiger partial charge in [-0.2, -0.15) is 0 Å². The average Bonchev–Trinajstić information content (AvgIpc) is 2.49. The molecule has 0 saturated carbocycles. The van der Waals surface area contributed by atoms with Crippen LogP contribution in [0.15, 0.2) is 18.2 Å². The molecule has 3 nitrogen and oxygen atoms in total. The third kappa shape index (κ3) is 6.46. The topological polar surface area (TPSA) is 24.5 Å². The lowest BCUT2D eigenvalue weighted by Gasteiger charge is -2.36. The van der Waals surface area contributed by atoms with Crippen LogP contribution in [-0.2, 0) is 0 Å². The summed E-state index contributed by atoms with van der Waals surface area (Å²) in [5.74, 6) is 1.10. The van der Waals surface area contributed by atoms with Crippen LogP contribution in [0.25, 0.3) is 0 Å². The lowest BCUT2D eigenvalue weighted by Crippen LogP contribution is -2.45. The molecule has 0 aromatic heterocycles. The van der Waals surface area contributed by atoms with Crippen molar-refractivity contribution in [2.45, 2.75) is 32.7 Å². The third-order valence-electron chi connectivity index (χ3n) is 4.16. The van der Waals surface area contributed by atoms with Crippen LogP contribution in [0.3, 0.4) is 0 Å². The maximum atomic E-state index is 13.5. The van der Waals surface area contributed by atoms with Crippen LogP contribution in [0.2, 0.25) is 0 Å². The van der Waals surface area contributed by atoms with Gasteiger partial charge in [-0.05, 0) is 24.8 Å². The maximum Gasteiger partial charge on any atom is 0.126 e. The van der Waals surface area contributed by atoms with Crippen molar-refractivity contribution in [1.82, 2.24) is 10.2 Å². The Morgan fingerprint density at radius 3 is 2.39 bits per heavy atom. The van der Waals surface area contributed by atoms with E-state index in [1.165, 1.54) is 6.07 Å². The first-order valence-corrected chi connectivity index (χ1v) is 7.90. The van der Waals surface area contributed by atoms with Crippen molar-refractivity contribution in [3.05, 3.63) is 29.6 Å². The minimum absolute atomic E-state index is 0. The van der Waals surface area contributed by atoms with Crippen molar-refractivity contribution >= 4 is 24.8 Å². The SMILES string of the molecule is COc1cc(F)ccc1[C@H](CCC(C)C)N1CCNCC1.Cl.Cl. The molecule has 0 aliphatic carbocycles. The van der Waals surface area contributed by atoms with Crippen LogP contribution in [0.4, 0.5) is 4.39 Å². The van der Waals surface area contributed by atoms with E-state index < -0.39 is 0 Å². The van der Waals surface area contributed by atoms with E-state index in [1.807, 2.05) is 6.07 Å². The van der Waals surface area contributed by atoms with Gasteiger partial charge in [-0.3, -0.25) is 4.90 Å². The number of hydrogen-bond acceptors (Lipinski definition) is 3. The van der Waals surface area contributed by atoms with Gasteiger partial charge in [0.2, 0.25) is 0 Å². The Hall–Kier alpha value is -0.550. The number of benzene rings is 1. The molecule has 23 heavy (non-hydrogen) atoms. The minimum Gasteiger partial charge on any atom is -0.496 e. The zero-order valence-electron chi connectivity index (χ0n) is 14.2. The molecule has 1 atom stereocenters. The van der Waals surface area contributed by atoms with Crippen LogP contribution < -0.4 is 10.1 Å². The molecule has 1 N–H and O–H groups in total. The van der Waals surface area contributed by atoms with E-state index in [-0.39, 0.29) is 30.6 Å². The van der Waals surface area contributed by atoms with Crippen molar-refractivity contribution in [2.75, 3.05) is 33.3 Å². The Kier molecular flexibility index (Phi) is 10.8. The fourth-order valence-corrected chi connectivity index (χ4v) is 2.98. The Balaban J connectivity index is 0.00000242. The summed E-state index contributed by atoms with van der Waals surface area (Å²) in [6.45, 7) is 8.59. The molecule has 0 unspecified atom stereocenters. The lowest BCUT2D eigenvalue weighted by molar-refractivity contribution is 0.157. The van der Waals surface area contributed by atoms with Crippen LogP contribution in [0.5, 0.6) is 5.75 Å². The predicted octanol–water partition coefficient (Wildman–Crippen LogP) is 4.06. The molecule has 1 fully saturated rings. The summed E-state index contributed by atoms with van der Waals surface area (Å²) in [5, 5.41) is 3.39. The molecule has 6 heteroatoms. The maximum absolute atomic E-state index is 13.5. The van der Waals surface area contributed by atoms with Gasteiger partial charge < -0.3 is 10.1 Å². The molecule has 1 aromatic rings. The normalized spacial score (nSPS) is 16.4. The van der Waals surface area contributed by atoms with E-state index in [0.717, 1.165) is 44.6 Å². The Labute approximate surface area is 151 Å². The highest BCUT2D eigenvalue weighted by Gasteiger charge is 2.25. The monoisotopic (exact) mass is 366 g/mol. The minimum atomic E-state index is -0.237. The van der Waals surface area contributed by atoms with Gasteiger partial charge in [0.25, 0.3) is 0 Å². The standard InChI is InChI=1S/C17H27FN2O.2ClH/c1-13(2)4-7-16(20-10-8-19-9-11-20)15-6-5-14(18)12-17(15)21-3;;/h5-6,12-13,16,19H,4,7-11H2,1-3H3;2*1H/t16-;;/m0../s1. The number of rotatable bonds is 6. The van der Waals surface area contributed by atoms with Gasteiger partial charge >= 0.3 is 0 Å². The lowest BCUT2D eigenvalue weighted by atomic mass is 9.95. The van der Waals surface area contributed by atoms with Crippen LogP contribution in [0, 0.1) is 11.7 Å². The molecule has 134 valence electrons. The number of hydrogen-bond donors (Lipinski definition) is 1. The van der Waals surface area contributed by atoms with Gasteiger partial charge in [-0.15, -0.1) is 24.8 Å². The van der Waals surface area contributed by atoms with Gasteiger partial charge in [0, 0.05) is 43.9 Å². The second-order valence-corrected chi connectivity index (χ2v) is 6.16. The van der Waals surface area contributed by atoms with Crippen LogP contribution in [0.1, 0.15) is 38.3 Å². The fraction of sp³-hybridized carbons (Fsp3) is 0.647. The molecule has 2 rings (SSSR count). The van der Waals surface area contributed by atoms with E-state index in [2.05, 4.69) is 24.1 Å². The number of halogens is 3. The summed E-state index contributed by atoms with van der Waals surface area (Å²) in [4.78, 5) is 2.49. The van der Waals surface area contributed by atoms with Crippen molar-refractivity contribution < 1.29 is 9.13 Å². The van der Waals surface area contributed by atoms with Crippen LogP contribution >= 0.6 is 24.8 Å². The molecule has 1 heterocycles. The largest absolute Gasteiger partial charge is 0.496 e. The number of methoxy groups -OCH3 is 1. The fourth-order valence-electron chi connectivity index (χ4n) is 2.98. The highest BCUT2D eigenvalue weighted by Crippen LogP contribution is 2.34. The number of piperazine rings is 1. The Morgan fingerprint density at radius 2 is 1.83 bits per heavy atom. The van der Waals surface area contributed by atoms with E-state index >= 15 is 0 Å². The van der Waals surface area contributed by atoms with Gasteiger partial charge in [-0.1, -0.05) is 19.9 Å². The Bertz CT molecular complexity index is 454. The number of nitrogens with zero attached hydrogens (tertiary/aromatic N) is 1.